The third kappa shape index (κ3) is 6.01. The monoisotopic (exact) mass is 422 g/mol. The molecule has 0 radical (unpaired) electrons. The van der Waals surface area contributed by atoms with Gasteiger partial charge in [-0.1, -0.05) is 51.1 Å². The molecule has 0 aliphatic rings. The maximum atomic E-state index is 13.4. The predicted molar refractivity (Wildman–Crippen MR) is 119 cm³/mol. The van der Waals surface area contributed by atoms with Gasteiger partial charge < -0.3 is 15.2 Å². The Morgan fingerprint density at radius 3 is 2.35 bits per heavy atom. The van der Waals surface area contributed by atoms with Crippen molar-refractivity contribution >= 4 is 17.6 Å². The van der Waals surface area contributed by atoms with Gasteiger partial charge in [0.2, 0.25) is 11.8 Å². The number of anilines is 1. The highest BCUT2D eigenvalue weighted by Gasteiger charge is 2.21. The molecule has 0 spiro atoms. The molecule has 0 bridgehead atoms. The summed E-state index contributed by atoms with van der Waals surface area (Å²) >= 11 is 0. The SMILES string of the molecule is CC(C)(C)C(=O)NCCC(=O)Nc1c(-c2ccc(F)cc2)ncn1Cc1ccccc1. The van der Waals surface area contributed by atoms with E-state index in [0.717, 1.165) is 5.56 Å². The number of halogens is 1. The van der Waals surface area contributed by atoms with Crippen molar-refractivity contribution in [3.05, 3.63) is 72.3 Å². The van der Waals surface area contributed by atoms with Gasteiger partial charge >= 0.3 is 0 Å². The minimum absolute atomic E-state index is 0.110. The van der Waals surface area contributed by atoms with E-state index in [1.807, 2.05) is 55.7 Å². The first kappa shape index (κ1) is 22.2. The van der Waals surface area contributed by atoms with E-state index in [4.69, 9.17) is 0 Å². The van der Waals surface area contributed by atoms with Gasteiger partial charge in [-0.2, -0.15) is 0 Å². The van der Waals surface area contributed by atoms with E-state index in [0.29, 0.717) is 23.6 Å². The van der Waals surface area contributed by atoms with Gasteiger partial charge in [-0.3, -0.25) is 9.59 Å². The number of hydrogen-bond acceptors (Lipinski definition) is 3. The Bertz CT molecular complexity index is 1040. The van der Waals surface area contributed by atoms with E-state index in [9.17, 15) is 14.0 Å². The number of nitrogens with one attached hydrogen (secondary N) is 2. The van der Waals surface area contributed by atoms with Gasteiger partial charge in [0.05, 0.1) is 12.9 Å². The molecule has 0 saturated carbocycles. The average molecular weight is 423 g/mol. The molecule has 3 aromatic rings. The number of nitrogens with zero attached hydrogens (tertiary/aromatic N) is 2. The Balaban J connectivity index is 1.78. The van der Waals surface area contributed by atoms with Crippen molar-refractivity contribution in [3.63, 3.8) is 0 Å². The smallest absolute Gasteiger partial charge is 0.227 e. The Morgan fingerprint density at radius 1 is 1.03 bits per heavy atom. The molecule has 2 aromatic carbocycles. The molecule has 0 saturated heterocycles. The maximum absolute atomic E-state index is 13.4. The lowest BCUT2D eigenvalue weighted by Gasteiger charge is -2.17. The van der Waals surface area contributed by atoms with Crippen LogP contribution in [0.5, 0.6) is 0 Å². The highest BCUT2D eigenvalue weighted by atomic mass is 19.1. The number of imidazole rings is 1. The van der Waals surface area contributed by atoms with E-state index in [-0.39, 0.29) is 30.6 Å². The molecule has 1 heterocycles. The van der Waals surface area contributed by atoms with E-state index >= 15 is 0 Å². The van der Waals surface area contributed by atoms with Crippen LogP contribution in [-0.4, -0.2) is 27.9 Å². The molecule has 0 aliphatic heterocycles. The first-order valence-electron chi connectivity index (χ1n) is 10.2. The van der Waals surface area contributed by atoms with Crippen LogP contribution in [0.2, 0.25) is 0 Å². The predicted octanol–water partition coefficient (Wildman–Crippen LogP) is 4.23. The zero-order valence-electron chi connectivity index (χ0n) is 18.0. The molecule has 3 rings (SSSR count). The fourth-order valence-electron chi connectivity index (χ4n) is 2.98. The first-order valence-corrected chi connectivity index (χ1v) is 10.2. The molecule has 0 aliphatic carbocycles. The van der Waals surface area contributed by atoms with Crippen molar-refractivity contribution in [1.29, 1.82) is 0 Å². The Hall–Kier alpha value is -3.48. The summed E-state index contributed by atoms with van der Waals surface area (Å²) in [6.07, 6.45) is 1.78. The standard InChI is InChI=1S/C24H27FN4O2/c1-24(2,3)23(31)26-14-13-20(30)28-22-21(18-9-11-19(25)12-10-18)27-16-29(22)15-17-7-5-4-6-8-17/h4-12,16H,13-15H2,1-3H3,(H,26,31)(H,28,30). The van der Waals surface area contributed by atoms with E-state index in [2.05, 4.69) is 15.6 Å². The summed E-state index contributed by atoms with van der Waals surface area (Å²) in [5.74, 6) is -0.163. The number of carbonyl (C=O) groups excluding carboxylic acids is 2. The van der Waals surface area contributed by atoms with E-state index in [1.54, 1.807) is 18.5 Å². The minimum atomic E-state index is -0.513. The van der Waals surface area contributed by atoms with Crippen molar-refractivity contribution < 1.29 is 14.0 Å². The summed E-state index contributed by atoms with van der Waals surface area (Å²) in [5.41, 5.74) is 1.80. The molecule has 1 aromatic heterocycles. The van der Waals surface area contributed by atoms with Gasteiger partial charge in [0, 0.05) is 23.9 Å². The second-order valence-corrected chi connectivity index (χ2v) is 8.37. The highest BCUT2D eigenvalue weighted by molar-refractivity contribution is 5.94. The third-order valence-corrected chi connectivity index (χ3v) is 4.73. The van der Waals surface area contributed by atoms with Crippen molar-refractivity contribution in [2.75, 3.05) is 11.9 Å². The van der Waals surface area contributed by atoms with Gasteiger partial charge in [0.15, 0.2) is 0 Å². The molecule has 162 valence electrons. The van der Waals surface area contributed by atoms with Crippen molar-refractivity contribution in [1.82, 2.24) is 14.9 Å². The number of amides is 2. The van der Waals surface area contributed by atoms with Crippen molar-refractivity contribution in [2.45, 2.75) is 33.7 Å². The van der Waals surface area contributed by atoms with Crippen LogP contribution >= 0.6 is 0 Å². The van der Waals surface area contributed by atoms with Gasteiger partial charge in [-0.05, 0) is 29.8 Å². The number of hydrogen-bond donors (Lipinski definition) is 2. The van der Waals surface area contributed by atoms with E-state index in [1.165, 1.54) is 12.1 Å². The van der Waals surface area contributed by atoms with Gasteiger partial charge in [-0.25, -0.2) is 9.37 Å². The molecule has 0 fully saturated rings. The number of carbonyl (C=O) groups is 2. The van der Waals surface area contributed by atoms with E-state index < -0.39 is 5.41 Å². The molecule has 2 amide bonds. The normalized spacial score (nSPS) is 11.2. The second-order valence-electron chi connectivity index (χ2n) is 8.37. The Morgan fingerprint density at radius 2 is 1.71 bits per heavy atom. The fourth-order valence-corrected chi connectivity index (χ4v) is 2.98. The van der Waals surface area contributed by atoms with Crippen molar-refractivity contribution in [3.8, 4) is 11.3 Å². The molecule has 31 heavy (non-hydrogen) atoms. The minimum Gasteiger partial charge on any atom is -0.355 e. The van der Waals surface area contributed by atoms with Gasteiger partial charge in [-0.15, -0.1) is 0 Å². The summed E-state index contributed by atoms with van der Waals surface area (Å²) in [7, 11) is 0. The number of aromatic nitrogens is 2. The van der Waals surface area contributed by atoms with Gasteiger partial charge in [0.1, 0.15) is 17.3 Å². The van der Waals surface area contributed by atoms with Crippen LogP contribution in [0.25, 0.3) is 11.3 Å². The molecule has 6 nitrogen and oxygen atoms in total. The van der Waals surface area contributed by atoms with Crippen LogP contribution < -0.4 is 10.6 Å². The van der Waals surface area contributed by atoms with Crippen LogP contribution in [0.1, 0.15) is 32.8 Å². The second kappa shape index (κ2) is 9.55. The average Bonchev–Trinajstić information content (AvgIpc) is 3.10. The molecular weight excluding hydrogens is 395 g/mol. The lowest BCUT2D eigenvalue weighted by Crippen LogP contribution is -2.36. The van der Waals surface area contributed by atoms with Gasteiger partial charge in [0.25, 0.3) is 0 Å². The zero-order valence-corrected chi connectivity index (χ0v) is 18.0. The molecule has 2 N–H and O–H groups in total. The van der Waals surface area contributed by atoms with Crippen LogP contribution in [0.4, 0.5) is 10.2 Å². The summed E-state index contributed by atoms with van der Waals surface area (Å²) in [6, 6.07) is 15.8. The molecule has 0 atom stereocenters. The van der Waals surface area contributed by atoms with Crippen LogP contribution in [0.3, 0.4) is 0 Å². The first-order chi connectivity index (χ1) is 14.7. The summed E-state index contributed by atoms with van der Waals surface area (Å²) < 4.78 is 15.2. The van der Waals surface area contributed by atoms with Crippen LogP contribution in [0, 0.1) is 11.2 Å². The van der Waals surface area contributed by atoms with Crippen LogP contribution in [-0.2, 0) is 16.1 Å². The summed E-state index contributed by atoms with van der Waals surface area (Å²) in [4.78, 5) is 29.1. The maximum Gasteiger partial charge on any atom is 0.227 e. The number of rotatable bonds is 7. The number of benzene rings is 2. The Kier molecular flexibility index (Phi) is 6.84. The Labute approximate surface area is 181 Å². The molecular formula is C24H27FN4O2. The summed E-state index contributed by atoms with van der Waals surface area (Å²) in [5, 5.41) is 5.70. The summed E-state index contributed by atoms with van der Waals surface area (Å²) in [6.45, 7) is 6.21. The zero-order chi connectivity index (χ0) is 22.4. The lowest BCUT2D eigenvalue weighted by molar-refractivity contribution is -0.128. The fraction of sp³-hybridized carbons (Fsp3) is 0.292. The molecule has 7 heteroatoms. The lowest BCUT2D eigenvalue weighted by atomic mass is 9.96. The van der Waals surface area contributed by atoms with Crippen molar-refractivity contribution in [2.24, 2.45) is 5.41 Å². The van der Waals surface area contributed by atoms with Crippen LogP contribution in [0.15, 0.2) is 60.9 Å². The largest absolute Gasteiger partial charge is 0.355 e. The quantitative estimate of drug-likeness (QED) is 0.598. The topological polar surface area (TPSA) is 76.0 Å². The highest BCUT2D eigenvalue weighted by Crippen LogP contribution is 2.28. The molecule has 0 unspecified atom stereocenters. The third-order valence-electron chi connectivity index (χ3n) is 4.73.